The van der Waals surface area contributed by atoms with E-state index in [0.717, 1.165) is 66.7 Å². The Labute approximate surface area is 284 Å². The van der Waals surface area contributed by atoms with E-state index < -0.39 is 0 Å². The van der Waals surface area contributed by atoms with Crippen molar-refractivity contribution in [1.82, 2.24) is 5.32 Å². The first kappa shape index (κ1) is 28.7. The molecule has 8 aromatic rings. The summed E-state index contributed by atoms with van der Waals surface area (Å²) in [5.41, 5.74) is 11.7. The van der Waals surface area contributed by atoms with Gasteiger partial charge >= 0.3 is 0 Å². The third-order valence-electron chi connectivity index (χ3n) is 9.19. The van der Waals surface area contributed by atoms with E-state index >= 15 is 0 Å². The zero-order valence-electron chi connectivity index (χ0n) is 26.6. The smallest absolute Gasteiger partial charge is 0.159 e. The van der Waals surface area contributed by atoms with E-state index in [2.05, 4.69) is 133 Å². The Bertz CT molecular complexity index is 2480. The van der Waals surface area contributed by atoms with Crippen LogP contribution in [0.25, 0.3) is 55.3 Å². The van der Waals surface area contributed by atoms with Gasteiger partial charge in [0.15, 0.2) is 5.84 Å². The summed E-state index contributed by atoms with van der Waals surface area (Å²) in [6.07, 6.45) is -0.309. The predicted octanol–water partition coefficient (Wildman–Crippen LogP) is 11.1. The summed E-state index contributed by atoms with van der Waals surface area (Å²) in [5, 5.41) is 5.78. The van der Waals surface area contributed by atoms with Crippen LogP contribution in [0, 0.1) is 0 Å². The molecule has 0 saturated heterocycles. The van der Waals surface area contributed by atoms with E-state index in [1.807, 2.05) is 48.5 Å². The normalized spacial score (nSPS) is 14.3. The molecular weight excluding hydrogens is 599 g/mol. The van der Waals surface area contributed by atoms with Crippen LogP contribution in [0.15, 0.2) is 190 Å². The highest BCUT2D eigenvalue weighted by atomic mass is 16.3. The quantitative estimate of drug-likeness (QED) is 0.199. The van der Waals surface area contributed by atoms with E-state index in [4.69, 9.17) is 14.4 Å². The highest BCUT2D eigenvalue weighted by Gasteiger charge is 2.24. The molecule has 7 aromatic carbocycles. The maximum absolute atomic E-state index is 6.44. The van der Waals surface area contributed by atoms with Crippen molar-refractivity contribution in [2.45, 2.75) is 6.17 Å². The van der Waals surface area contributed by atoms with E-state index in [1.165, 1.54) is 11.1 Å². The number of amidine groups is 2. The fraction of sp³-hybridized carbons (Fsp3) is 0.0222. The molecule has 49 heavy (non-hydrogen) atoms. The van der Waals surface area contributed by atoms with E-state index in [0.29, 0.717) is 5.84 Å². The summed E-state index contributed by atoms with van der Waals surface area (Å²) in [6.45, 7) is 0. The van der Waals surface area contributed by atoms with E-state index in [9.17, 15) is 0 Å². The lowest BCUT2D eigenvalue weighted by Gasteiger charge is -2.24. The molecule has 1 aliphatic rings. The molecule has 0 fully saturated rings. The minimum absolute atomic E-state index is 0.309. The van der Waals surface area contributed by atoms with Crippen LogP contribution in [0.1, 0.15) is 22.9 Å². The maximum Gasteiger partial charge on any atom is 0.159 e. The van der Waals surface area contributed by atoms with Gasteiger partial charge in [0.1, 0.15) is 23.2 Å². The minimum Gasteiger partial charge on any atom is -0.456 e. The Hall–Kier alpha value is -6.52. The van der Waals surface area contributed by atoms with Crippen molar-refractivity contribution in [2.75, 3.05) is 0 Å². The molecule has 0 radical (unpaired) electrons. The molecule has 1 atom stereocenters. The molecule has 1 aliphatic heterocycles. The number of fused-ring (bicyclic) bond motifs is 3. The molecule has 4 heteroatoms. The lowest BCUT2D eigenvalue weighted by atomic mass is 9.96. The summed E-state index contributed by atoms with van der Waals surface area (Å²) < 4.78 is 6.44. The van der Waals surface area contributed by atoms with Gasteiger partial charge in [-0.3, -0.25) is 0 Å². The fourth-order valence-corrected chi connectivity index (χ4v) is 6.74. The Morgan fingerprint density at radius 3 is 1.47 bits per heavy atom. The van der Waals surface area contributed by atoms with Gasteiger partial charge in [-0.25, -0.2) is 9.98 Å². The third-order valence-corrected chi connectivity index (χ3v) is 9.19. The number of nitrogens with one attached hydrogen (secondary N) is 1. The summed E-state index contributed by atoms with van der Waals surface area (Å²) in [4.78, 5) is 10.3. The second-order valence-corrected chi connectivity index (χ2v) is 12.2. The molecule has 0 spiro atoms. The van der Waals surface area contributed by atoms with Crippen LogP contribution in [0.3, 0.4) is 0 Å². The van der Waals surface area contributed by atoms with Gasteiger partial charge in [0.2, 0.25) is 0 Å². The molecule has 0 aliphatic carbocycles. The van der Waals surface area contributed by atoms with Crippen molar-refractivity contribution >= 4 is 33.6 Å². The van der Waals surface area contributed by atoms with Crippen LogP contribution in [0.4, 0.5) is 0 Å². The molecule has 2 heterocycles. The summed E-state index contributed by atoms with van der Waals surface area (Å²) in [5.74, 6) is 1.44. The van der Waals surface area contributed by atoms with Gasteiger partial charge in [-0.05, 0) is 51.1 Å². The standard InChI is InChI=1S/C45H31N3O/c1-4-12-30(13-5-1)31-22-24-32(25-23-31)33-26-28-36(29-27-33)44-46-43(35-16-8-3-9-17-35)47-45(48-44)38-19-11-21-40-42(38)41-37(18-10-20-39(41)49-40)34-14-6-2-7-15-34/h1-29,43H,(H,46,47,48). The molecule has 0 saturated carbocycles. The molecule has 9 rings (SSSR count). The van der Waals surface area contributed by atoms with Crippen LogP contribution in [-0.2, 0) is 0 Å². The predicted molar refractivity (Wildman–Crippen MR) is 202 cm³/mol. The van der Waals surface area contributed by atoms with E-state index in [-0.39, 0.29) is 6.17 Å². The van der Waals surface area contributed by atoms with Gasteiger partial charge in [-0.2, -0.15) is 0 Å². The van der Waals surface area contributed by atoms with Crippen molar-refractivity contribution in [2.24, 2.45) is 9.98 Å². The first-order chi connectivity index (χ1) is 24.3. The van der Waals surface area contributed by atoms with Gasteiger partial charge in [0.25, 0.3) is 0 Å². The molecule has 232 valence electrons. The average Bonchev–Trinajstić information content (AvgIpc) is 3.58. The van der Waals surface area contributed by atoms with Crippen LogP contribution >= 0.6 is 0 Å². The zero-order valence-corrected chi connectivity index (χ0v) is 26.6. The van der Waals surface area contributed by atoms with Gasteiger partial charge in [0.05, 0.1) is 0 Å². The fourth-order valence-electron chi connectivity index (χ4n) is 6.74. The second-order valence-electron chi connectivity index (χ2n) is 12.2. The Balaban J connectivity index is 1.13. The van der Waals surface area contributed by atoms with Gasteiger partial charge < -0.3 is 9.73 Å². The van der Waals surface area contributed by atoms with Crippen LogP contribution in [0.2, 0.25) is 0 Å². The summed E-state index contributed by atoms with van der Waals surface area (Å²) in [7, 11) is 0. The molecule has 0 bridgehead atoms. The van der Waals surface area contributed by atoms with Crippen molar-refractivity contribution in [3.63, 3.8) is 0 Å². The van der Waals surface area contributed by atoms with Crippen molar-refractivity contribution in [1.29, 1.82) is 0 Å². The monoisotopic (exact) mass is 629 g/mol. The molecule has 4 nitrogen and oxygen atoms in total. The number of nitrogens with zero attached hydrogens (tertiary/aromatic N) is 2. The minimum atomic E-state index is -0.309. The lowest BCUT2D eigenvalue weighted by molar-refractivity contribution is 0.668. The SMILES string of the molecule is c1ccc(-c2ccc(-c3ccc(C4=NC(c5ccccc5)NC(c5cccc6oc7cccc(-c8ccccc8)c7c56)=N4)cc3)cc2)cc1. The van der Waals surface area contributed by atoms with E-state index in [1.54, 1.807) is 0 Å². The van der Waals surface area contributed by atoms with Crippen LogP contribution < -0.4 is 5.32 Å². The second kappa shape index (κ2) is 12.3. The van der Waals surface area contributed by atoms with Crippen molar-refractivity contribution < 1.29 is 4.42 Å². The number of benzene rings is 7. The largest absolute Gasteiger partial charge is 0.456 e. The lowest BCUT2D eigenvalue weighted by Crippen LogP contribution is -2.33. The molecule has 1 aromatic heterocycles. The number of furan rings is 1. The van der Waals surface area contributed by atoms with Gasteiger partial charge in [0, 0.05) is 21.9 Å². The Kier molecular flexibility index (Phi) is 7.17. The highest BCUT2D eigenvalue weighted by Crippen LogP contribution is 2.39. The maximum atomic E-state index is 6.44. The molecule has 1 unspecified atom stereocenters. The van der Waals surface area contributed by atoms with Crippen molar-refractivity contribution in [3.05, 3.63) is 193 Å². The average molecular weight is 630 g/mol. The summed E-state index contributed by atoms with van der Waals surface area (Å²) in [6, 6.07) is 61.0. The van der Waals surface area contributed by atoms with Crippen molar-refractivity contribution in [3.8, 4) is 33.4 Å². The Morgan fingerprint density at radius 1 is 0.408 bits per heavy atom. The first-order valence-corrected chi connectivity index (χ1v) is 16.5. The molecule has 0 amide bonds. The van der Waals surface area contributed by atoms with Gasteiger partial charge in [-0.1, -0.05) is 164 Å². The van der Waals surface area contributed by atoms with Crippen LogP contribution in [-0.4, -0.2) is 11.7 Å². The summed E-state index contributed by atoms with van der Waals surface area (Å²) >= 11 is 0. The number of aliphatic imine (C=N–C) groups is 2. The highest BCUT2D eigenvalue weighted by molar-refractivity contribution is 6.24. The number of hydrogen-bond donors (Lipinski definition) is 1. The zero-order chi connectivity index (χ0) is 32.6. The number of hydrogen-bond acceptors (Lipinski definition) is 4. The number of rotatable bonds is 6. The third kappa shape index (κ3) is 5.39. The van der Waals surface area contributed by atoms with Gasteiger partial charge in [-0.15, -0.1) is 0 Å². The first-order valence-electron chi connectivity index (χ1n) is 16.5. The van der Waals surface area contributed by atoms with Crippen LogP contribution in [0.5, 0.6) is 0 Å². The molecular formula is C45H31N3O. The Morgan fingerprint density at radius 2 is 0.878 bits per heavy atom. The topological polar surface area (TPSA) is 49.9 Å². The molecule has 1 N–H and O–H groups in total.